The molecule has 0 radical (unpaired) electrons. The van der Waals surface area contributed by atoms with Crippen LogP contribution in [0, 0.1) is 0 Å². The number of hydrazone groups is 1. The van der Waals surface area contributed by atoms with Crippen molar-refractivity contribution < 1.29 is 18.9 Å². The highest BCUT2D eigenvalue weighted by molar-refractivity contribution is 5.84. The van der Waals surface area contributed by atoms with Gasteiger partial charge < -0.3 is 24.8 Å². The summed E-state index contributed by atoms with van der Waals surface area (Å²) in [5.41, 5.74) is 0.773. The molecule has 0 spiro atoms. The lowest BCUT2D eigenvalue weighted by molar-refractivity contribution is -0.0532. The van der Waals surface area contributed by atoms with Crippen molar-refractivity contribution in [3.05, 3.63) is 23.8 Å². The standard InChI is InChI=1S/C13H18N2O4/c1-16-11-4-2-3-10(9-15-14)13(11)19-6-5-12-17-7-8-18-12/h2-4,9,12H,5-8,14H2,1H3. The van der Waals surface area contributed by atoms with Crippen LogP contribution in [0.2, 0.25) is 0 Å². The minimum Gasteiger partial charge on any atom is -0.493 e. The molecule has 0 bridgehead atoms. The highest BCUT2D eigenvalue weighted by atomic mass is 16.7. The molecule has 0 atom stereocenters. The Kier molecular flexibility index (Phi) is 5.00. The SMILES string of the molecule is COc1cccc(C=NN)c1OCCC1OCCO1. The molecule has 1 aliphatic heterocycles. The largest absolute Gasteiger partial charge is 0.493 e. The maximum atomic E-state index is 5.74. The second kappa shape index (κ2) is 6.96. The van der Waals surface area contributed by atoms with E-state index >= 15 is 0 Å². The highest BCUT2D eigenvalue weighted by Crippen LogP contribution is 2.30. The first-order chi connectivity index (χ1) is 9.35. The topological polar surface area (TPSA) is 75.3 Å². The molecule has 0 amide bonds. The molecule has 0 aromatic heterocycles. The van der Waals surface area contributed by atoms with Crippen molar-refractivity contribution >= 4 is 6.21 Å². The van der Waals surface area contributed by atoms with Crippen molar-refractivity contribution in [1.29, 1.82) is 0 Å². The van der Waals surface area contributed by atoms with Crippen LogP contribution in [0.15, 0.2) is 23.3 Å². The fraction of sp³-hybridized carbons (Fsp3) is 0.462. The lowest BCUT2D eigenvalue weighted by Crippen LogP contribution is -2.13. The van der Waals surface area contributed by atoms with Crippen LogP contribution < -0.4 is 15.3 Å². The van der Waals surface area contributed by atoms with Crippen molar-refractivity contribution in [2.75, 3.05) is 26.9 Å². The number of nitrogens with zero attached hydrogens (tertiary/aromatic N) is 1. The number of rotatable bonds is 6. The van der Waals surface area contributed by atoms with Crippen LogP contribution in [0.25, 0.3) is 0 Å². The summed E-state index contributed by atoms with van der Waals surface area (Å²) in [4.78, 5) is 0. The van der Waals surface area contributed by atoms with Crippen LogP contribution >= 0.6 is 0 Å². The average Bonchev–Trinajstić information content (AvgIpc) is 2.93. The van der Waals surface area contributed by atoms with Gasteiger partial charge in [0.15, 0.2) is 17.8 Å². The van der Waals surface area contributed by atoms with Gasteiger partial charge in [0.05, 0.1) is 33.1 Å². The van der Waals surface area contributed by atoms with Gasteiger partial charge in [0.25, 0.3) is 0 Å². The van der Waals surface area contributed by atoms with Crippen LogP contribution in [0.3, 0.4) is 0 Å². The predicted octanol–water partition coefficient (Wildman–Crippen LogP) is 1.13. The molecular weight excluding hydrogens is 248 g/mol. The van der Waals surface area contributed by atoms with E-state index in [1.165, 1.54) is 6.21 Å². The van der Waals surface area contributed by atoms with Crippen LogP contribution in [0.1, 0.15) is 12.0 Å². The van der Waals surface area contributed by atoms with Crippen LogP contribution in [-0.4, -0.2) is 39.4 Å². The van der Waals surface area contributed by atoms with E-state index in [0.717, 1.165) is 5.56 Å². The molecule has 0 unspecified atom stereocenters. The fourth-order valence-electron chi connectivity index (χ4n) is 1.86. The first-order valence-corrected chi connectivity index (χ1v) is 6.11. The zero-order valence-corrected chi connectivity index (χ0v) is 10.9. The van der Waals surface area contributed by atoms with Crippen LogP contribution in [-0.2, 0) is 9.47 Å². The zero-order chi connectivity index (χ0) is 13.5. The molecule has 2 N–H and O–H groups in total. The Balaban J connectivity index is 2.00. The Morgan fingerprint density at radius 3 is 2.89 bits per heavy atom. The molecule has 1 aliphatic rings. The van der Waals surface area contributed by atoms with Crippen molar-refractivity contribution in [2.45, 2.75) is 12.7 Å². The summed E-state index contributed by atoms with van der Waals surface area (Å²) in [5, 5.41) is 3.52. The van der Waals surface area contributed by atoms with Gasteiger partial charge in [0.1, 0.15) is 0 Å². The van der Waals surface area contributed by atoms with Crippen molar-refractivity contribution in [3.8, 4) is 11.5 Å². The summed E-state index contributed by atoms with van der Waals surface area (Å²) in [6.45, 7) is 1.76. The van der Waals surface area contributed by atoms with E-state index in [0.29, 0.717) is 37.7 Å². The van der Waals surface area contributed by atoms with E-state index in [-0.39, 0.29) is 6.29 Å². The molecule has 6 nitrogen and oxygen atoms in total. The Morgan fingerprint density at radius 1 is 1.42 bits per heavy atom. The lowest BCUT2D eigenvalue weighted by atomic mass is 10.2. The van der Waals surface area contributed by atoms with Gasteiger partial charge in [-0.3, -0.25) is 0 Å². The van der Waals surface area contributed by atoms with Crippen LogP contribution in [0.5, 0.6) is 11.5 Å². The monoisotopic (exact) mass is 266 g/mol. The summed E-state index contributed by atoms with van der Waals surface area (Å²) >= 11 is 0. The quantitative estimate of drug-likeness (QED) is 0.474. The summed E-state index contributed by atoms with van der Waals surface area (Å²) in [5.74, 6) is 6.45. The third-order valence-corrected chi connectivity index (χ3v) is 2.73. The summed E-state index contributed by atoms with van der Waals surface area (Å²) in [6, 6.07) is 5.54. The van der Waals surface area contributed by atoms with Gasteiger partial charge in [-0.05, 0) is 12.1 Å². The van der Waals surface area contributed by atoms with Gasteiger partial charge in [-0.1, -0.05) is 6.07 Å². The highest BCUT2D eigenvalue weighted by Gasteiger charge is 2.16. The van der Waals surface area contributed by atoms with Gasteiger partial charge in [-0.2, -0.15) is 5.10 Å². The molecule has 6 heteroatoms. The Hall–Kier alpha value is -1.79. The summed E-state index contributed by atoms with van der Waals surface area (Å²) < 4.78 is 21.7. The zero-order valence-electron chi connectivity index (χ0n) is 10.9. The number of benzene rings is 1. The lowest BCUT2D eigenvalue weighted by Gasteiger charge is -2.14. The smallest absolute Gasteiger partial charge is 0.169 e. The summed E-state index contributed by atoms with van der Waals surface area (Å²) in [7, 11) is 1.59. The van der Waals surface area contributed by atoms with Crippen LogP contribution in [0.4, 0.5) is 0 Å². The number of ether oxygens (including phenoxy) is 4. The van der Waals surface area contributed by atoms with E-state index in [2.05, 4.69) is 5.10 Å². The van der Waals surface area contributed by atoms with E-state index in [4.69, 9.17) is 24.8 Å². The maximum Gasteiger partial charge on any atom is 0.169 e. The van der Waals surface area contributed by atoms with Crippen molar-refractivity contribution in [3.63, 3.8) is 0 Å². The Morgan fingerprint density at radius 2 is 2.21 bits per heavy atom. The van der Waals surface area contributed by atoms with Gasteiger partial charge in [-0.25, -0.2) is 0 Å². The molecule has 1 saturated heterocycles. The van der Waals surface area contributed by atoms with E-state index in [9.17, 15) is 0 Å². The van der Waals surface area contributed by atoms with Gasteiger partial charge >= 0.3 is 0 Å². The van der Waals surface area contributed by atoms with Gasteiger partial charge in [0.2, 0.25) is 0 Å². The molecule has 1 heterocycles. The first kappa shape index (κ1) is 13.6. The molecule has 0 saturated carbocycles. The second-order valence-corrected chi connectivity index (χ2v) is 3.97. The molecule has 2 rings (SSSR count). The number of hydrogen-bond donors (Lipinski definition) is 1. The van der Waals surface area contributed by atoms with Gasteiger partial charge in [0, 0.05) is 12.0 Å². The van der Waals surface area contributed by atoms with Gasteiger partial charge in [-0.15, -0.1) is 0 Å². The normalized spacial score (nSPS) is 16.1. The molecule has 1 fully saturated rings. The first-order valence-electron chi connectivity index (χ1n) is 6.11. The number of hydrogen-bond acceptors (Lipinski definition) is 6. The maximum absolute atomic E-state index is 5.74. The third kappa shape index (κ3) is 3.59. The predicted molar refractivity (Wildman–Crippen MR) is 70.6 cm³/mol. The summed E-state index contributed by atoms with van der Waals surface area (Å²) in [6.07, 6.45) is 2.01. The molecular formula is C13H18N2O4. The molecule has 1 aromatic rings. The Bertz CT molecular complexity index is 431. The third-order valence-electron chi connectivity index (χ3n) is 2.73. The fourth-order valence-corrected chi connectivity index (χ4v) is 1.86. The minimum atomic E-state index is -0.179. The molecule has 104 valence electrons. The minimum absolute atomic E-state index is 0.179. The molecule has 1 aromatic carbocycles. The van der Waals surface area contributed by atoms with E-state index in [1.807, 2.05) is 18.2 Å². The number of methoxy groups -OCH3 is 1. The Labute approximate surface area is 112 Å². The second-order valence-electron chi connectivity index (χ2n) is 3.97. The van der Waals surface area contributed by atoms with Crippen molar-refractivity contribution in [2.24, 2.45) is 10.9 Å². The molecule has 0 aliphatic carbocycles. The van der Waals surface area contributed by atoms with E-state index < -0.39 is 0 Å². The van der Waals surface area contributed by atoms with Crippen molar-refractivity contribution in [1.82, 2.24) is 0 Å². The molecule has 19 heavy (non-hydrogen) atoms. The number of nitrogens with two attached hydrogens (primary N) is 1. The number of para-hydroxylation sites is 1. The van der Waals surface area contributed by atoms with E-state index in [1.54, 1.807) is 7.11 Å². The average molecular weight is 266 g/mol.